The van der Waals surface area contributed by atoms with E-state index in [9.17, 15) is 22.8 Å². The van der Waals surface area contributed by atoms with Crippen molar-refractivity contribution in [1.29, 1.82) is 0 Å². The molecule has 1 aromatic heterocycles. The molecule has 1 aliphatic heterocycles. The monoisotopic (exact) mass is 479 g/mol. The highest BCUT2D eigenvalue weighted by Gasteiger charge is 2.32. The average Bonchev–Trinajstić information content (AvgIpc) is 2.95. The predicted molar refractivity (Wildman–Crippen MR) is 118 cm³/mol. The van der Waals surface area contributed by atoms with Gasteiger partial charge in [0, 0.05) is 37.9 Å². The summed E-state index contributed by atoms with van der Waals surface area (Å²) in [6.45, 7) is 4.47. The molecule has 2 aromatic rings. The molecule has 0 bridgehead atoms. The number of ether oxygens (including phenoxy) is 2. The van der Waals surface area contributed by atoms with Gasteiger partial charge in [0.05, 0.1) is 19.3 Å². The van der Waals surface area contributed by atoms with Gasteiger partial charge < -0.3 is 19.3 Å². The standard InChI is InChI=1S/C24H28F3N3O4/c1-17(2)30-14-21(33-16-19-3-6-20(7-4-19)34-24(25,26)27)13-29(15-23(30)32)22(31)8-5-18-9-11-28-12-10-18/h3-4,6-7,9-12,17,21H,5,8,13-16H2,1-2H3. The van der Waals surface area contributed by atoms with Gasteiger partial charge in [-0.05, 0) is 55.7 Å². The molecular formula is C24H28F3N3O4. The fourth-order valence-electron chi connectivity index (χ4n) is 3.70. The van der Waals surface area contributed by atoms with E-state index in [0.717, 1.165) is 5.56 Å². The lowest BCUT2D eigenvalue weighted by atomic mass is 10.1. The smallest absolute Gasteiger partial charge is 0.406 e. The Labute approximate surface area is 196 Å². The second-order valence-corrected chi connectivity index (χ2v) is 8.39. The summed E-state index contributed by atoms with van der Waals surface area (Å²) in [6, 6.07) is 9.04. The summed E-state index contributed by atoms with van der Waals surface area (Å²) in [5.74, 6) is -0.599. The molecular weight excluding hydrogens is 451 g/mol. The summed E-state index contributed by atoms with van der Waals surface area (Å²) < 4.78 is 46.9. The average molecular weight is 479 g/mol. The van der Waals surface area contributed by atoms with Crippen molar-refractivity contribution >= 4 is 11.8 Å². The maximum Gasteiger partial charge on any atom is 0.573 e. The Hall–Kier alpha value is -3.14. The van der Waals surface area contributed by atoms with Crippen molar-refractivity contribution < 1.29 is 32.2 Å². The number of halogens is 3. The fourth-order valence-corrected chi connectivity index (χ4v) is 3.70. The molecule has 1 unspecified atom stereocenters. The van der Waals surface area contributed by atoms with E-state index < -0.39 is 12.5 Å². The minimum Gasteiger partial charge on any atom is -0.406 e. The second kappa shape index (κ2) is 11.3. The topological polar surface area (TPSA) is 72.0 Å². The van der Waals surface area contributed by atoms with E-state index in [1.54, 1.807) is 17.3 Å². The molecule has 1 aliphatic rings. The molecule has 7 nitrogen and oxygen atoms in total. The van der Waals surface area contributed by atoms with Crippen LogP contribution in [-0.2, 0) is 27.4 Å². The van der Waals surface area contributed by atoms with Gasteiger partial charge in [0.2, 0.25) is 11.8 Å². The zero-order valence-electron chi connectivity index (χ0n) is 19.1. The molecule has 0 radical (unpaired) electrons. The van der Waals surface area contributed by atoms with Crippen LogP contribution in [0, 0.1) is 0 Å². The van der Waals surface area contributed by atoms with Crippen LogP contribution in [0.25, 0.3) is 0 Å². The number of aromatic nitrogens is 1. The van der Waals surface area contributed by atoms with Crippen molar-refractivity contribution in [3.05, 3.63) is 59.9 Å². The normalized spacial score (nSPS) is 17.1. The van der Waals surface area contributed by atoms with Crippen LogP contribution < -0.4 is 4.74 Å². The Morgan fingerprint density at radius 3 is 2.38 bits per heavy atom. The van der Waals surface area contributed by atoms with Crippen LogP contribution in [0.1, 0.15) is 31.4 Å². The molecule has 0 spiro atoms. The van der Waals surface area contributed by atoms with E-state index in [1.165, 1.54) is 29.2 Å². The van der Waals surface area contributed by atoms with E-state index >= 15 is 0 Å². The molecule has 1 fully saturated rings. The van der Waals surface area contributed by atoms with Crippen LogP contribution in [0.3, 0.4) is 0 Å². The van der Waals surface area contributed by atoms with Gasteiger partial charge in [0.15, 0.2) is 0 Å². The number of carbonyl (C=O) groups is 2. The van der Waals surface area contributed by atoms with Crippen molar-refractivity contribution in [3.8, 4) is 5.75 Å². The number of carbonyl (C=O) groups excluding carboxylic acids is 2. The van der Waals surface area contributed by atoms with Crippen LogP contribution in [0.2, 0.25) is 0 Å². The number of aryl methyl sites for hydroxylation is 1. The minimum atomic E-state index is -4.75. The maximum absolute atomic E-state index is 12.9. The summed E-state index contributed by atoms with van der Waals surface area (Å²) in [6.07, 6.45) is -1.06. The van der Waals surface area contributed by atoms with Gasteiger partial charge in [-0.15, -0.1) is 13.2 Å². The Balaban J connectivity index is 1.63. The number of hydrogen-bond acceptors (Lipinski definition) is 5. The van der Waals surface area contributed by atoms with Crippen molar-refractivity contribution in [3.63, 3.8) is 0 Å². The third-order valence-corrected chi connectivity index (χ3v) is 5.47. The first kappa shape index (κ1) is 25.5. The molecule has 0 saturated carbocycles. The fraction of sp³-hybridized carbons (Fsp3) is 0.458. The first-order valence-corrected chi connectivity index (χ1v) is 11.0. The first-order chi connectivity index (χ1) is 16.1. The Bertz CT molecular complexity index is 952. The quantitative estimate of drug-likeness (QED) is 0.579. The molecule has 2 amide bonds. The van der Waals surface area contributed by atoms with Crippen LogP contribution in [0.15, 0.2) is 48.8 Å². The molecule has 10 heteroatoms. The van der Waals surface area contributed by atoms with Crippen molar-refractivity contribution in [2.24, 2.45) is 0 Å². The van der Waals surface area contributed by atoms with E-state index in [1.807, 2.05) is 26.0 Å². The number of pyridine rings is 1. The lowest BCUT2D eigenvalue weighted by Crippen LogP contribution is -2.42. The van der Waals surface area contributed by atoms with Crippen molar-refractivity contribution in [1.82, 2.24) is 14.8 Å². The number of benzene rings is 1. The molecule has 3 rings (SSSR count). The summed E-state index contributed by atoms with van der Waals surface area (Å²) in [4.78, 5) is 32.8. The zero-order chi connectivity index (χ0) is 24.7. The number of rotatable bonds is 8. The van der Waals surface area contributed by atoms with Gasteiger partial charge in [0.1, 0.15) is 5.75 Å². The summed E-state index contributed by atoms with van der Waals surface area (Å²) in [5.41, 5.74) is 1.64. The summed E-state index contributed by atoms with van der Waals surface area (Å²) in [7, 11) is 0. The van der Waals surface area contributed by atoms with Gasteiger partial charge in [-0.1, -0.05) is 12.1 Å². The van der Waals surface area contributed by atoms with Crippen LogP contribution in [0.4, 0.5) is 13.2 Å². The van der Waals surface area contributed by atoms with E-state index in [-0.39, 0.29) is 49.7 Å². The largest absolute Gasteiger partial charge is 0.573 e. The molecule has 184 valence electrons. The first-order valence-electron chi connectivity index (χ1n) is 11.0. The van der Waals surface area contributed by atoms with Crippen molar-refractivity contribution in [2.75, 3.05) is 19.6 Å². The van der Waals surface area contributed by atoms with Gasteiger partial charge in [-0.2, -0.15) is 0 Å². The molecule has 2 heterocycles. The number of hydrogen-bond donors (Lipinski definition) is 0. The lowest BCUT2D eigenvalue weighted by molar-refractivity contribution is -0.274. The van der Waals surface area contributed by atoms with Crippen LogP contribution in [-0.4, -0.2) is 64.7 Å². The van der Waals surface area contributed by atoms with Gasteiger partial charge >= 0.3 is 6.36 Å². The Morgan fingerprint density at radius 1 is 1.09 bits per heavy atom. The van der Waals surface area contributed by atoms with Crippen LogP contribution >= 0.6 is 0 Å². The number of amides is 2. The summed E-state index contributed by atoms with van der Waals surface area (Å²) in [5, 5.41) is 0. The zero-order valence-corrected chi connectivity index (χ0v) is 19.1. The summed E-state index contributed by atoms with van der Waals surface area (Å²) >= 11 is 0. The predicted octanol–water partition coefficient (Wildman–Crippen LogP) is 3.58. The highest BCUT2D eigenvalue weighted by molar-refractivity contribution is 5.85. The van der Waals surface area contributed by atoms with E-state index in [4.69, 9.17) is 4.74 Å². The van der Waals surface area contributed by atoms with Crippen LogP contribution in [0.5, 0.6) is 5.75 Å². The third-order valence-electron chi connectivity index (χ3n) is 5.47. The molecule has 1 aromatic carbocycles. The molecule has 0 aliphatic carbocycles. The van der Waals surface area contributed by atoms with E-state index in [2.05, 4.69) is 9.72 Å². The van der Waals surface area contributed by atoms with Gasteiger partial charge in [-0.25, -0.2) is 0 Å². The van der Waals surface area contributed by atoms with Gasteiger partial charge in [0.25, 0.3) is 0 Å². The minimum absolute atomic E-state index is 0.0172. The Morgan fingerprint density at radius 2 is 1.76 bits per heavy atom. The second-order valence-electron chi connectivity index (χ2n) is 8.39. The molecule has 1 atom stereocenters. The molecule has 0 N–H and O–H groups in total. The highest BCUT2D eigenvalue weighted by Crippen LogP contribution is 2.23. The number of nitrogens with zero attached hydrogens (tertiary/aromatic N) is 3. The Kier molecular flexibility index (Phi) is 8.49. The molecule has 34 heavy (non-hydrogen) atoms. The lowest BCUT2D eigenvalue weighted by Gasteiger charge is -2.27. The highest BCUT2D eigenvalue weighted by atomic mass is 19.4. The molecule has 1 saturated heterocycles. The van der Waals surface area contributed by atoms with Gasteiger partial charge in [-0.3, -0.25) is 14.6 Å². The maximum atomic E-state index is 12.9. The number of alkyl halides is 3. The SMILES string of the molecule is CC(C)N1CC(OCc2ccc(OC(F)(F)F)cc2)CN(C(=O)CCc2ccncc2)CC1=O. The third kappa shape index (κ3) is 7.72. The van der Waals surface area contributed by atoms with Crippen molar-refractivity contribution in [2.45, 2.75) is 51.8 Å². The van der Waals surface area contributed by atoms with E-state index in [0.29, 0.717) is 18.5 Å².